The van der Waals surface area contributed by atoms with Gasteiger partial charge in [0.2, 0.25) is 0 Å². The number of phenolic OH excluding ortho intramolecular Hbond substituents is 2. The van der Waals surface area contributed by atoms with Gasteiger partial charge in [0.1, 0.15) is 6.26 Å². The summed E-state index contributed by atoms with van der Waals surface area (Å²) in [6, 6.07) is 6.82. The number of phenols is 2. The maximum absolute atomic E-state index is 12.7. The number of amides is 1. The van der Waals surface area contributed by atoms with Crippen molar-refractivity contribution in [2.24, 2.45) is 11.8 Å². The molecular weight excluding hydrogens is 456 g/mol. The van der Waals surface area contributed by atoms with E-state index in [0.717, 1.165) is 56.7 Å². The summed E-state index contributed by atoms with van der Waals surface area (Å²) in [7, 11) is 1.82. The van der Waals surface area contributed by atoms with Crippen LogP contribution in [0.4, 0.5) is 0 Å². The minimum Gasteiger partial charge on any atom is -0.504 e. The highest BCUT2D eigenvalue weighted by Crippen LogP contribution is 2.47. The third-order valence-corrected chi connectivity index (χ3v) is 8.56. The molecule has 5 rings (SSSR count). The molecule has 3 fully saturated rings. The second kappa shape index (κ2) is 10.2. The van der Waals surface area contributed by atoms with Crippen LogP contribution in [0.5, 0.6) is 11.5 Å². The molecule has 2 aromatic rings. The average molecular weight is 493 g/mol. The summed E-state index contributed by atoms with van der Waals surface area (Å²) in [6.45, 7) is 1.99. The Morgan fingerprint density at radius 2 is 2.03 bits per heavy atom. The average Bonchev–Trinajstić information content (AvgIpc) is 3.53. The van der Waals surface area contributed by atoms with Gasteiger partial charge in [-0.05, 0) is 93.5 Å². The second-order valence-corrected chi connectivity index (χ2v) is 10.9. The molecule has 0 radical (unpaired) electrons. The zero-order valence-electron chi connectivity index (χ0n) is 20.9. The Morgan fingerprint density at radius 1 is 1.19 bits per heavy atom. The summed E-state index contributed by atoms with van der Waals surface area (Å²) in [5.74, 6) is 6.02. The van der Waals surface area contributed by atoms with Crippen molar-refractivity contribution in [2.75, 3.05) is 20.1 Å². The van der Waals surface area contributed by atoms with Crippen LogP contribution in [-0.4, -0.2) is 68.8 Å². The third kappa shape index (κ3) is 5.25. The van der Waals surface area contributed by atoms with Crippen LogP contribution < -0.4 is 0 Å². The highest BCUT2D eigenvalue weighted by Gasteiger charge is 2.53. The minimum atomic E-state index is -0.797. The summed E-state index contributed by atoms with van der Waals surface area (Å²) in [5.41, 5.74) is 0.842. The van der Waals surface area contributed by atoms with Crippen molar-refractivity contribution < 1.29 is 24.5 Å². The van der Waals surface area contributed by atoms with E-state index < -0.39 is 5.60 Å². The summed E-state index contributed by atoms with van der Waals surface area (Å²) >= 11 is 0. The van der Waals surface area contributed by atoms with Crippen molar-refractivity contribution in [3.05, 3.63) is 47.9 Å². The fourth-order valence-corrected chi connectivity index (χ4v) is 6.23. The van der Waals surface area contributed by atoms with Crippen LogP contribution in [0.25, 0.3) is 0 Å². The number of aliphatic hydroxyl groups is 1. The fourth-order valence-electron chi connectivity index (χ4n) is 6.23. The molecule has 7 nitrogen and oxygen atoms in total. The molecule has 2 heterocycles. The van der Waals surface area contributed by atoms with Crippen LogP contribution in [0.2, 0.25) is 0 Å². The number of hydrogen-bond acceptors (Lipinski definition) is 6. The molecule has 4 atom stereocenters. The van der Waals surface area contributed by atoms with Crippen LogP contribution in [0, 0.1) is 23.7 Å². The van der Waals surface area contributed by atoms with E-state index >= 15 is 0 Å². The van der Waals surface area contributed by atoms with Crippen molar-refractivity contribution in [1.82, 2.24) is 9.80 Å². The van der Waals surface area contributed by atoms with Gasteiger partial charge in [-0.1, -0.05) is 12.0 Å². The smallest absolute Gasteiger partial charge is 0.298 e. The first-order chi connectivity index (χ1) is 17.3. The van der Waals surface area contributed by atoms with Crippen molar-refractivity contribution in [2.45, 2.75) is 69.1 Å². The van der Waals surface area contributed by atoms with Gasteiger partial charge >= 0.3 is 0 Å². The number of carbonyl (C=O) groups is 1. The number of hydrogen-bond donors (Lipinski definition) is 3. The lowest BCUT2D eigenvalue weighted by atomic mass is 9.64. The lowest BCUT2D eigenvalue weighted by Crippen LogP contribution is -2.64. The predicted octanol–water partition coefficient (Wildman–Crippen LogP) is 3.52. The molecule has 2 saturated carbocycles. The fraction of sp³-hybridized carbons (Fsp3) is 0.552. The van der Waals surface area contributed by atoms with Crippen LogP contribution in [0.3, 0.4) is 0 Å². The standard InChI is InChI=1S/C29H36N2O5/c1-30(28(34)9-6-22-12-15-36-19-22)24-10-13-29(35)23(17-24)11-14-31(18-21-2-3-21)27(29)8-5-20-4-7-25(32)26(33)16-20/h4,7,12,15-16,19,21,23-24,27,32-33,35H,2-3,5,8,10-11,13-14,17-18H2,1H3/t23?,24?,27-,29?/m1/s1. The number of rotatable bonds is 6. The van der Waals surface area contributed by atoms with Gasteiger partial charge in [-0.25, -0.2) is 0 Å². The first kappa shape index (κ1) is 24.7. The van der Waals surface area contributed by atoms with E-state index in [2.05, 4.69) is 16.7 Å². The van der Waals surface area contributed by atoms with Crippen molar-refractivity contribution in [1.29, 1.82) is 0 Å². The maximum Gasteiger partial charge on any atom is 0.298 e. The summed E-state index contributed by atoms with van der Waals surface area (Å²) in [6.07, 6.45) is 10.2. The molecule has 3 aliphatic rings. The van der Waals surface area contributed by atoms with Gasteiger partial charge in [-0.2, -0.15) is 0 Å². The van der Waals surface area contributed by atoms with E-state index in [4.69, 9.17) is 4.42 Å². The molecular formula is C29H36N2O5. The Balaban J connectivity index is 1.28. The molecule has 1 saturated heterocycles. The molecule has 0 bridgehead atoms. The van der Waals surface area contributed by atoms with Gasteiger partial charge in [0.25, 0.3) is 5.91 Å². The third-order valence-electron chi connectivity index (χ3n) is 8.56. The molecule has 7 heteroatoms. The lowest BCUT2D eigenvalue weighted by Gasteiger charge is -2.56. The monoisotopic (exact) mass is 492 g/mol. The topological polar surface area (TPSA) is 97.4 Å². The Hall–Kier alpha value is -2.95. The van der Waals surface area contributed by atoms with Gasteiger partial charge in [-0.3, -0.25) is 9.69 Å². The largest absolute Gasteiger partial charge is 0.504 e. The summed E-state index contributed by atoms with van der Waals surface area (Å²) in [5, 5.41) is 31.7. The van der Waals surface area contributed by atoms with E-state index in [1.54, 1.807) is 17.0 Å². The predicted molar refractivity (Wildman–Crippen MR) is 135 cm³/mol. The molecule has 36 heavy (non-hydrogen) atoms. The van der Waals surface area contributed by atoms with Gasteiger partial charge < -0.3 is 24.6 Å². The Bertz CT molecular complexity index is 1130. The van der Waals surface area contributed by atoms with E-state index in [1.165, 1.54) is 31.4 Å². The number of nitrogens with zero attached hydrogens (tertiary/aromatic N) is 2. The van der Waals surface area contributed by atoms with E-state index in [0.29, 0.717) is 12.0 Å². The maximum atomic E-state index is 12.7. The first-order valence-electron chi connectivity index (χ1n) is 13.1. The van der Waals surface area contributed by atoms with Crippen LogP contribution in [0.1, 0.15) is 56.1 Å². The molecule has 3 unspecified atom stereocenters. The number of likely N-dealkylation sites (tertiary alicyclic amines) is 1. The molecule has 3 N–H and O–H groups in total. The van der Waals surface area contributed by atoms with Crippen LogP contribution in [0.15, 0.2) is 41.2 Å². The normalized spacial score (nSPS) is 28.1. The number of fused-ring (bicyclic) bond motifs is 1. The quantitative estimate of drug-likeness (QED) is 0.422. The van der Waals surface area contributed by atoms with Gasteiger partial charge in [-0.15, -0.1) is 0 Å². The highest BCUT2D eigenvalue weighted by molar-refractivity contribution is 5.94. The number of piperidine rings is 1. The molecule has 1 aromatic heterocycles. The van der Waals surface area contributed by atoms with Gasteiger partial charge in [0.15, 0.2) is 11.5 Å². The van der Waals surface area contributed by atoms with E-state index in [1.807, 2.05) is 13.1 Å². The zero-order chi connectivity index (χ0) is 25.3. The number of furan rings is 1. The molecule has 1 amide bonds. The molecule has 1 aliphatic heterocycles. The van der Waals surface area contributed by atoms with E-state index in [-0.39, 0.29) is 35.4 Å². The highest BCUT2D eigenvalue weighted by atomic mass is 16.3. The van der Waals surface area contributed by atoms with Crippen LogP contribution in [-0.2, 0) is 11.2 Å². The molecule has 0 spiro atoms. The molecule has 192 valence electrons. The number of aryl methyl sites for hydroxylation is 1. The Labute approximate surface area is 212 Å². The zero-order valence-corrected chi connectivity index (χ0v) is 20.9. The van der Waals surface area contributed by atoms with Crippen molar-refractivity contribution >= 4 is 5.91 Å². The SMILES string of the molecule is CN(C(=O)C#Cc1ccoc1)C1CCC2(O)C(CCN(CC3CC3)[C@@H]2CCc2ccc(O)c(O)c2)C1. The summed E-state index contributed by atoms with van der Waals surface area (Å²) < 4.78 is 5.02. The van der Waals surface area contributed by atoms with Gasteiger partial charge in [0, 0.05) is 31.6 Å². The second-order valence-electron chi connectivity index (χ2n) is 10.9. The van der Waals surface area contributed by atoms with Gasteiger partial charge in [0.05, 0.1) is 17.4 Å². The Kier molecular flexibility index (Phi) is 7.00. The van der Waals surface area contributed by atoms with E-state index in [9.17, 15) is 20.1 Å². The minimum absolute atomic E-state index is 0.0376. The Morgan fingerprint density at radius 3 is 2.75 bits per heavy atom. The lowest BCUT2D eigenvalue weighted by molar-refractivity contribution is -0.157. The van der Waals surface area contributed by atoms with Crippen LogP contribution >= 0.6 is 0 Å². The molecule has 2 aliphatic carbocycles. The van der Waals surface area contributed by atoms with Crippen molar-refractivity contribution in [3.8, 4) is 23.3 Å². The van der Waals surface area contributed by atoms with Crippen molar-refractivity contribution in [3.63, 3.8) is 0 Å². The first-order valence-corrected chi connectivity index (χ1v) is 13.1. The summed E-state index contributed by atoms with van der Waals surface area (Å²) in [4.78, 5) is 17.0. The number of aromatic hydroxyl groups is 2. The number of carbonyl (C=O) groups excluding carboxylic acids is 1. The molecule has 1 aromatic carbocycles. The number of benzene rings is 1.